The summed E-state index contributed by atoms with van der Waals surface area (Å²) in [6.45, 7) is 0. The quantitative estimate of drug-likeness (QED) is 0.740. The number of allylic oxidation sites excluding steroid dienone is 4. The van der Waals surface area contributed by atoms with Crippen molar-refractivity contribution in [3.8, 4) is 0 Å². The maximum atomic E-state index is 12.8. The number of carbonyl (C=O) groups is 2. The highest BCUT2D eigenvalue weighted by molar-refractivity contribution is 6.13. The number of Topliss-reactive ketones (excluding diaryl/α,β-unsaturated/α-hetero) is 1. The van der Waals surface area contributed by atoms with Gasteiger partial charge in [-0.2, -0.15) is 13.2 Å². The zero-order chi connectivity index (χ0) is 18.5. The fourth-order valence-electron chi connectivity index (χ4n) is 3.76. The second kappa shape index (κ2) is 5.53. The van der Waals surface area contributed by atoms with E-state index in [4.69, 9.17) is 0 Å². The summed E-state index contributed by atoms with van der Waals surface area (Å²) in [4.78, 5) is 24.5. The molecule has 2 aliphatic rings. The number of ketones is 2. The molecular weight excluding hydrogens is 341 g/mol. The van der Waals surface area contributed by atoms with Crippen molar-refractivity contribution in [1.29, 1.82) is 0 Å². The van der Waals surface area contributed by atoms with E-state index >= 15 is 0 Å². The summed E-state index contributed by atoms with van der Waals surface area (Å²) in [5, 5.41) is 0. The third kappa shape index (κ3) is 2.43. The van der Waals surface area contributed by atoms with E-state index in [-0.39, 0.29) is 18.0 Å². The van der Waals surface area contributed by atoms with Crippen LogP contribution in [0.15, 0.2) is 66.8 Å². The van der Waals surface area contributed by atoms with Crippen molar-refractivity contribution in [2.75, 3.05) is 0 Å². The van der Waals surface area contributed by atoms with Crippen LogP contribution >= 0.6 is 0 Å². The summed E-state index contributed by atoms with van der Waals surface area (Å²) in [5.74, 6) is -0.292. The minimum Gasteiger partial charge on any atom is -0.294 e. The molecule has 2 aromatic rings. The number of benzene rings is 2. The van der Waals surface area contributed by atoms with E-state index in [1.54, 1.807) is 18.2 Å². The lowest BCUT2D eigenvalue weighted by molar-refractivity contribution is -0.137. The van der Waals surface area contributed by atoms with Crippen molar-refractivity contribution in [1.82, 2.24) is 0 Å². The zero-order valence-corrected chi connectivity index (χ0v) is 13.5. The zero-order valence-electron chi connectivity index (χ0n) is 13.5. The Morgan fingerprint density at radius 2 is 1.62 bits per heavy atom. The van der Waals surface area contributed by atoms with E-state index < -0.39 is 17.2 Å². The summed E-state index contributed by atoms with van der Waals surface area (Å²) in [6.07, 6.45) is 0.263. The van der Waals surface area contributed by atoms with Crippen LogP contribution in [0.4, 0.5) is 13.2 Å². The molecule has 0 aromatic heterocycles. The molecule has 2 nitrogen and oxygen atoms in total. The summed E-state index contributed by atoms with van der Waals surface area (Å²) < 4.78 is 38.5. The number of carbonyl (C=O) groups excluding carboxylic acids is 2. The van der Waals surface area contributed by atoms with Gasteiger partial charge in [0.15, 0.2) is 11.6 Å². The van der Waals surface area contributed by atoms with E-state index in [0.29, 0.717) is 16.7 Å². The Labute approximate surface area is 147 Å². The molecule has 0 N–H and O–H groups in total. The maximum absolute atomic E-state index is 12.8. The van der Waals surface area contributed by atoms with Gasteiger partial charge in [0.05, 0.1) is 5.56 Å². The summed E-state index contributed by atoms with van der Waals surface area (Å²) in [7, 11) is 0. The first kappa shape index (κ1) is 16.5. The first-order chi connectivity index (χ1) is 12.3. The van der Waals surface area contributed by atoms with Crippen molar-refractivity contribution in [3.05, 3.63) is 89.0 Å². The van der Waals surface area contributed by atoms with Crippen molar-refractivity contribution in [3.63, 3.8) is 0 Å². The van der Waals surface area contributed by atoms with Gasteiger partial charge in [0.2, 0.25) is 0 Å². The lowest BCUT2D eigenvalue weighted by Gasteiger charge is -2.32. The first-order valence-corrected chi connectivity index (χ1v) is 8.07. The number of hydrogen-bond acceptors (Lipinski definition) is 2. The van der Waals surface area contributed by atoms with Crippen LogP contribution in [0.3, 0.4) is 0 Å². The number of alkyl halides is 3. The topological polar surface area (TPSA) is 34.1 Å². The molecule has 1 spiro atoms. The molecular formula is C21H13F3O2. The molecule has 0 radical (unpaired) electrons. The van der Waals surface area contributed by atoms with Gasteiger partial charge in [-0.05, 0) is 41.0 Å². The largest absolute Gasteiger partial charge is 0.416 e. The van der Waals surface area contributed by atoms with Crippen LogP contribution in [0, 0.1) is 0 Å². The molecule has 1 atom stereocenters. The Balaban J connectivity index is 1.87. The Kier molecular flexibility index (Phi) is 3.51. The van der Waals surface area contributed by atoms with Crippen LogP contribution < -0.4 is 0 Å². The number of fused-ring (bicyclic) bond motifs is 2. The predicted octanol–water partition coefficient (Wildman–Crippen LogP) is 4.75. The summed E-state index contributed by atoms with van der Waals surface area (Å²) >= 11 is 0. The van der Waals surface area contributed by atoms with Gasteiger partial charge in [0.1, 0.15) is 0 Å². The third-order valence-electron chi connectivity index (χ3n) is 4.97. The van der Waals surface area contributed by atoms with Gasteiger partial charge in [-0.15, -0.1) is 0 Å². The van der Waals surface area contributed by atoms with Crippen LogP contribution in [0.25, 0.3) is 5.57 Å². The number of hydrogen-bond donors (Lipinski definition) is 0. The highest BCUT2D eigenvalue weighted by atomic mass is 19.4. The average molecular weight is 354 g/mol. The van der Waals surface area contributed by atoms with E-state index in [1.807, 2.05) is 12.1 Å². The molecule has 0 saturated carbocycles. The van der Waals surface area contributed by atoms with Gasteiger partial charge >= 0.3 is 6.18 Å². The van der Waals surface area contributed by atoms with Crippen LogP contribution in [0.1, 0.15) is 33.5 Å². The molecule has 2 aromatic carbocycles. The highest BCUT2D eigenvalue weighted by Gasteiger charge is 2.46. The van der Waals surface area contributed by atoms with Crippen molar-refractivity contribution in [2.24, 2.45) is 0 Å². The summed E-state index contributed by atoms with van der Waals surface area (Å²) in [5.41, 5.74) is 0.847. The van der Waals surface area contributed by atoms with Crippen molar-refractivity contribution in [2.45, 2.75) is 18.0 Å². The molecule has 5 heteroatoms. The number of halogens is 3. The molecule has 0 amide bonds. The molecule has 4 rings (SSSR count). The van der Waals surface area contributed by atoms with Gasteiger partial charge in [0.25, 0.3) is 0 Å². The number of rotatable bonds is 1. The van der Waals surface area contributed by atoms with Gasteiger partial charge < -0.3 is 0 Å². The van der Waals surface area contributed by atoms with Gasteiger partial charge in [-0.3, -0.25) is 9.59 Å². The standard InChI is InChI=1S/C21H13F3O2/c22-21(23,24)14-7-5-13(6-8-14)18-11-15(25)9-10-20(18)12-19(26)16-3-1-2-4-17(16)20/h1-11H,12H2. The fraction of sp³-hybridized carbons (Fsp3) is 0.143. The monoisotopic (exact) mass is 354 g/mol. The van der Waals surface area contributed by atoms with Crippen LogP contribution in [-0.4, -0.2) is 11.6 Å². The Bertz CT molecular complexity index is 981. The first-order valence-electron chi connectivity index (χ1n) is 8.07. The van der Waals surface area contributed by atoms with E-state index in [2.05, 4.69) is 0 Å². The predicted molar refractivity (Wildman–Crippen MR) is 90.6 cm³/mol. The van der Waals surface area contributed by atoms with E-state index in [1.165, 1.54) is 24.3 Å². The van der Waals surface area contributed by atoms with Gasteiger partial charge in [-0.1, -0.05) is 42.5 Å². The highest BCUT2D eigenvalue weighted by Crippen LogP contribution is 2.50. The molecule has 0 bridgehead atoms. The minimum atomic E-state index is -4.43. The Hall–Kier alpha value is -2.95. The Morgan fingerprint density at radius 3 is 2.31 bits per heavy atom. The minimum absolute atomic E-state index is 0.0441. The van der Waals surface area contributed by atoms with Gasteiger partial charge in [-0.25, -0.2) is 0 Å². The molecule has 0 aliphatic heterocycles. The maximum Gasteiger partial charge on any atom is 0.416 e. The van der Waals surface area contributed by atoms with E-state index in [9.17, 15) is 22.8 Å². The molecule has 1 unspecified atom stereocenters. The second-order valence-corrected chi connectivity index (χ2v) is 6.49. The normalized spacial score (nSPS) is 21.9. The smallest absolute Gasteiger partial charge is 0.294 e. The molecule has 130 valence electrons. The second-order valence-electron chi connectivity index (χ2n) is 6.49. The lowest BCUT2D eigenvalue weighted by Crippen LogP contribution is -2.26. The van der Waals surface area contributed by atoms with Crippen molar-refractivity contribution >= 4 is 17.1 Å². The van der Waals surface area contributed by atoms with Crippen LogP contribution in [0.5, 0.6) is 0 Å². The summed E-state index contributed by atoms with van der Waals surface area (Å²) in [6, 6.07) is 11.9. The Morgan fingerprint density at radius 1 is 0.923 bits per heavy atom. The molecule has 0 saturated heterocycles. The van der Waals surface area contributed by atoms with E-state index in [0.717, 1.165) is 17.7 Å². The fourth-order valence-corrected chi connectivity index (χ4v) is 3.76. The molecule has 0 fully saturated rings. The van der Waals surface area contributed by atoms with Crippen molar-refractivity contribution < 1.29 is 22.8 Å². The molecule has 2 aliphatic carbocycles. The molecule has 0 heterocycles. The third-order valence-corrected chi connectivity index (χ3v) is 4.97. The van der Waals surface area contributed by atoms with Gasteiger partial charge in [0, 0.05) is 17.4 Å². The van der Waals surface area contributed by atoms with Crippen LogP contribution in [-0.2, 0) is 16.4 Å². The molecule has 26 heavy (non-hydrogen) atoms. The van der Waals surface area contributed by atoms with Crippen LogP contribution in [0.2, 0.25) is 0 Å². The SMILES string of the molecule is O=C1C=CC2(CC(=O)c3ccccc32)C(c2ccc(C(F)(F)F)cc2)=C1. The average Bonchev–Trinajstić information content (AvgIpc) is 2.90. The lowest BCUT2D eigenvalue weighted by atomic mass is 9.69.